The van der Waals surface area contributed by atoms with Crippen molar-refractivity contribution in [2.24, 2.45) is 5.92 Å². The molecule has 0 saturated heterocycles. The minimum absolute atomic E-state index is 0.0831. The van der Waals surface area contributed by atoms with Gasteiger partial charge in [-0.2, -0.15) is 0 Å². The molecule has 128 valence electrons. The Bertz CT molecular complexity index is 669. The van der Waals surface area contributed by atoms with Gasteiger partial charge in [-0.15, -0.1) is 0 Å². The molecular weight excluding hydrogens is 300 g/mol. The number of aromatic nitrogens is 1. The van der Waals surface area contributed by atoms with Crippen molar-refractivity contribution in [2.45, 2.75) is 52.5 Å². The Kier molecular flexibility index (Phi) is 5.03. The topological polar surface area (TPSA) is 46.3 Å². The van der Waals surface area contributed by atoms with E-state index in [0.717, 1.165) is 23.6 Å². The van der Waals surface area contributed by atoms with Crippen LogP contribution in [0.2, 0.25) is 0 Å². The summed E-state index contributed by atoms with van der Waals surface area (Å²) in [5.74, 6) is 1.55. The molecule has 1 aliphatic rings. The highest BCUT2D eigenvalue weighted by Gasteiger charge is 2.28. The van der Waals surface area contributed by atoms with Crippen molar-refractivity contribution in [3.05, 3.63) is 52.9 Å². The van der Waals surface area contributed by atoms with Gasteiger partial charge in [-0.25, -0.2) is 0 Å². The van der Waals surface area contributed by atoms with E-state index in [1.165, 1.54) is 24.8 Å². The molecule has 0 N–H and O–H groups in total. The van der Waals surface area contributed by atoms with Crippen LogP contribution in [0.4, 0.5) is 0 Å². The molecule has 1 heterocycles. The van der Waals surface area contributed by atoms with Crippen LogP contribution in [0.5, 0.6) is 0 Å². The van der Waals surface area contributed by atoms with Crippen molar-refractivity contribution in [1.29, 1.82) is 0 Å². The van der Waals surface area contributed by atoms with Gasteiger partial charge in [-0.3, -0.25) is 4.79 Å². The molecule has 0 spiro atoms. The number of hydrogen-bond donors (Lipinski definition) is 0. The predicted molar refractivity (Wildman–Crippen MR) is 93.6 cm³/mol. The summed E-state index contributed by atoms with van der Waals surface area (Å²) in [6.45, 7) is 6.74. The van der Waals surface area contributed by atoms with Gasteiger partial charge in [0.2, 0.25) is 5.91 Å². The van der Waals surface area contributed by atoms with Crippen LogP contribution in [0, 0.1) is 19.8 Å². The van der Waals surface area contributed by atoms with Crippen molar-refractivity contribution in [3.8, 4) is 0 Å². The molecule has 1 aromatic heterocycles. The predicted octanol–water partition coefficient (Wildman–Crippen LogP) is 4.22. The normalized spacial score (nSPS) is 15.8. The Morgan fingerprint density at radius 1 is 1.29 bits per heavy atom. The minimum Gasteiger partial charge on any atom is -0.361 e. The Morgan fingerprint density at radius 3 is 2.54 bits per heavy atom. The standard InChI is InChI=1S/C20H26N2O2/c1-14-19(16(3)24-21-14)12-20(23)22(13-17-8-7-9-17)15(2)18-10-5-4-6-11-18/h4-6,10-11,15,17H,7-9,12-13H2,1-3H3. The summed E-state index contributed by atoms with van der Waals surface area (Å²) in [6.07, 6.45) is 4.12. The summed E-state index contributed by atoms with van der Waals surface area (Å²) < 4.78 is 5.21. The number of rotatable bonds is 6. The van der Waals surface area contributed by atoms with E-state index < -0.39 is 0 Å². The number of amides is 1. The molecule has 1 aromatic carbocycles. The highest BCUT2D eigenvalue weighted by atomic mass is 16.5. The monoisotopic (exact) mass is 326 g/mol. The quantitative estimate of drug-likeness (QED) is 0.798. The van der Waals surface area contributed by atoms with Crippen LogP contribution in [-0.2, 0) is 11.2 Å². The van der Waals surface area contributed by atoms with E-state index in [4.69, 9.17) is 4.52 Å². The fourth-order valence-corrected chi connectivity index (χ4v) is 3.35. The zero-order chi connectivity index (χ0) is 17.1. The highest BCUT2D eigenvalue weighted by Crippen LogP contribution is 2.31. The van der Waals surface area contributed by atoms with Gasteiger partial charge in [-0.05, 0) is 45.1 Å². The molecule has 4 heteroatoms. The average Bonchev–Trinajstić information content (AvgIpc) is 2.86. The number of benzene rings is 1. The minimum atomic E-state index is 0.0831. The van der Waals surface area contributed by atoms with Crippen LogP contribution >= 0.6 is 0 Å². The van der Waals surface area contributed by atoms with E-state index in [0.29, 0.717) is 12.3 Å². The largest absolute Gasteiger partial charge is 0.361 e. The van der Waals surface area contributed by atoms with Crippen LogP contribution in [0.25, 0.3) is 0 Å². The van der Waals surface area contributed by atoms with Gasteiger partial charge >= 0.3 is 0 Å². The second-order valence-electron chi connectivity index (χ2n) is 6.91. The Balaban J connectivity index is 1.79. The first-order valence-corrected chi connectivity index (χ1v) is 8.82. The number of carbonyl (C=O) groups is 1. The molecule has 1 unspecified atom stereocenters. The van der Waals surface area contributed by atoms with Crippen LogP contribution in [0.3, 0.4) is 0 Å². The van der Waals surface area contributed by atoms with E-state index in [2.05, 4.69) is 24.2 Å². The smallest absolute Gasteiger partial charge is 0.227 e. The zero-order valence-corrected chi connectivity index (χ0v) is 14.8. The lowest BCUT2D eigenvalue weighted by Crippen LogP contribution is -2.40. The molecule has 0 bridgehead atoms. The molecule has 1 atom stereocenters. The van der Waals surface area contributed by atoms with Gasteiger partial charge in [0.25, 0.3) is 0 Å². The SMILES string of the molecule is Cc1noc(C)c1CC(=O)N(CC1CCC1)C(C)c1ccccc1. The third kappa shape index (κ3) is 3.53. The first-order chi connectivity index (χ1) is 11.6. The summed E-state index contributed by atoms with van der Waals surface area (Å²) in [4.78, 5) is 15.1. The summed E-state index contributed by atoms with van der Waals surface area (Å²) in [6, 6.07) is 10.4. The lowest BCUT2D eigenvalue weighted by atomic mass is 9.84. The van der Waals surface area contributed by atoms with E-state index in [1.54, 1.807) is 0 Å². The van der Waals surface area contributed by atoms with Crippen LogP contribution < -0.4 is 0 Å². The van der Waals surface area contributed by atoms with E-state index in [1.807, 2.05) is 36.9 Å². The third-order valence-corrected chi connectivity index (χ3v) is 5.26. The molecule has 3 rings (SSSR count). The molecule has 1 aliphatic carbocycles. The summed E-state index contributed by atoms with van der Waals surface area (Å²) in [7, 11) is 0. The summed E-state index contributed by atoms with van der Waals surface area (Å²) in [5.41, 5.74) is 2.93. The van der Waals surface area contributed by atoms with Gasteiger partial charge < -0.3 is 9.42 Å². The third-order valence-electron chi connectivity index (χ3n) is 5.26. The lowest BCUT2D eigenvalue weighted by Gasteiger charge is -2.36. The molecule has 4 nitrogen and oxygen atoms in total. The molecule has 1 fully saturated rings. The molecule has 2 aromatic rings. The highest BCUT2D eigenvalue weighted by molar-refractivity contribution is 5.79. The second kappa shape index (κ2) is 7.20. The maximum absolute atomic E-state index is 13.1. The fourth-order valence-electron chi connectivity index (χ4n) is 3.35. The first kappa shape index (κ1) is 16.7. The van der Waals surface area contributed by atoms with Gasteiger partial charge in [-0.1, -0.05) is 41.9 Å². The molecule has 0 radical (unpaired) electrons. The van der Waals surface area contributed by atoms with E-state index in [9.17, 15) is 4.79 Å². The van der Waals surface area contributed by atoms with Crippen LogP contribution in [-0.4, -0.2) is 22.5 Å². The Morgan fingerprint density at radius 2 is 2.00 bits per heavy atom. The summed E-state index contributed by atoms with van der Waals surface area (Å²) in [5, 5.41) is 3.97. The fraction of sp³-hybridized carbons (Fsp3) is 0.500. The second-order valence-corrected chi connectivity index (χ2v) is 6.91. The average molecular weight is 326 g/mol. The van der Waals surface area contributed by atoms with Crippen molar-refractivity contribution in [2.75, 3.05) is 6.54 Å². The molecule has 0 aliphatic heterocycles. The van der Waals surface area contributed by atoms with Crippen LogP contribution in [0.1, 0.15) is 54.8 Å². The van der Waals surface area contributed by atoms with Crippen molar-refractivity contribution < 1.29 is 9.32 Å². The number of aryl methyl sites for hydroxylation is 2. The molecule has 1 amide bonds. The summed E-state index contributed by atoms with van der Waals surface area (Å²) >= 11 is 0. The maximum Gasteiger partial charge on any atom is 0.227 e. The van der Waals surface area contributed by atoms with Crippen molar-refractivity contribution >= 4 is 5.91 Å². The number of nitrogens with zero attached hydrogens (tertiary/aromatic N) is 2. The molecular formula is C20H26N2O2. The number of hydrogen-bond acceptors (Lipinski definition) is 3. The zero-order valence-electron chi connectivity index (χ0n) is 14.8. The molecule has 1 saturated carbocycles. The molecule has 24 heavy (non-hydrogen) atoms. The van der Waals surface area contributed by atoms with E-state index in [-0.39, 0.29) is 11.9 Å². The van der Waals surface area contributed by atoms with Gasteiger partial charge in [0.15, 0.2) is 0 Å². The van der Waals surface area contributed by atoms with Gasteiger partial charge in [0.1, 0.15) is 5.76 Å². The Labute approximate surface area is 143 Å². The van der Waals surface area contributed by atoms with E-state index >= 15 is 0 Å². The number of carbonyl (C=O) groups excluding carboxylic acids is 1. The lowest BCUT2D eigenvalue weighted by molar-refractivity contribution is -0.133. The van der Waals surface area contributed by atoms with Gasteiger partial charge in [0, 0.05) is 12.1 Å². The van der Waals surface area contributed by atoms with Crippen LogP contribution in [0.15, 0.2) is 34.9 Å². The van der Waals surface area contributed by atoms with Crippen molar-refractivity contribution in [3.63, 3.8) is 0 Å². The first-order valence-electron chi connectivity index (χ1n) is 8.82. The van der Waals surface area contributed by atoms with Crippen molar-refractivity contribution in [1.82, 2.24) is 10.1 Å². The Hall–Kier alpha value is -2.10. The van der Waals surface area contributed by atoms with Gasteiger partial charge in [0.05, 0.1) is 18.2 Å². The maximum atomic E-state index is 13.1.